The number of piperazine rings is 1. The van der Waals surface area contributed by atoms with Crippen molar-refractivity contribution in [3.63, 3.8) is 0 Å². The molecule has 0 radical (unpaired) electrons. The lowest BCUT2D eigenvalue weighted by atomic mass is 9.84. The second kappa shape index (κ2) is 6.24. The zero-order chi connectivity index (χ0) is 14.7. The van der Waals surface area contributed by atoms with Gasteiger partial charge in [0.1, 0.15) is 0 Å². The van der Waals surface area contributed by atoms with Gasteiger partial charge in [-0.05, 0) is 26.7 Å². The van der Waals surface area contributed by atoms with E-state index in [-0.39, 0.29) is 17.9 Å². The minimum absolute atomic E-state index is 0.0482. The molecule has 3 amide bonds. The maximum absolute atomic E-state index is 12.1. The van der Waals surface area contributed by atoms with E-state index in [1.165, 1.54) is 4.90 Å². The molecule has 1 aliphatic carbocycles. The van der Waals surface area contributed by atoms with Crippen LogP contribution in [-0.4, -0.2) is 59.7 Å². The van der Waals surface area contributed by atoms with Crippen molar-refractivity contribution >= 4 is 17.7 Å². The van der Waals surface area contributed by atoms with Gasteiger partial charge in [0.15, 0.2) is 0 Å². The molecule has 1 saturated heterocycles. The first-order chi connectivity index (χ1) is 9.49. The highest BCUT2D eigenvalue weighted by Crippen LogP contribution is 2.28. The normalized spacial score (nSPS) is 19.8. The lowest BCUT2D eigenvalue weighted by Crippen LogP contribution is -2.55. The first-order valence-electron chi connectivity index (χ1n) is 7.37. The molecule has 2 aliphatic rings. The standard InChI is InChI=1S/C14H23N3O3/c1-10(2)15-12(18)14(20)17-8-6-16(7-9-17)13(19)11-4-3-5-11/h10-11H,3-9H2,1-2H3,(H,15,18). The van der Waals surface area contributed by atoms with Gasteiger partial charge in [0.05, 0.1) is 0 Å². The van der Waals surface area contributed by atoms with Gasteiger partial charge >= 0.3 is 11.8 Å². The molecule has 1 N–H and O–H groups in total. The zero-order valence-corrected chi connectivity index (χ0v) is 12.2. The lowest BCUT2D eigenvalue weighted by molar-refractivity contribution is -0.149. The summed E-state index contributed by atoms with van der Waals surface area (Å²) >= 11 is 0. The number of amides is 3. The molecule has 6 nitrogen and oxygen atoms in total. The van der Waals surface area contributed by atoms with E-state index in [1.807, 2.05) is 18.7 Å². The Morgan fingerprint density at radius 2 is 1.55 bits per heavy atom. The van der Waals surface area contributed by atoms with Crippen molar-refractivity contribution in [2.24, 2.45) is 5.92 Å². The van der Waals surface area contributed by atoms with Crippen LogP contribution in [0.5, 0.6) is 0 Å². The molecule has 0 aromatic heterocycles. The summed E-state index contributed by atoms with van der Waals surface area (Å²) in [6, 6.07) is -0.0482. The monoisotopic (exact) mass is 281 g/mol. The molecule has 1 heterocycles. The maximum atomic E-state index is 12.1. The molecule has 20 heavy (non-hydrogen) atoms. The van der Waals surface area contributed by atoms with Gasteiger partial charge in [-0.2, -0.15) is 0 Å². The van der Waals surface area contributed by atoms with Crippen LogP contribution in [0, 0.1) is 5.92 Å². The quantitative estimate of drug-likeness (QED) is 0.723. The molecule has 0 atom stereocenters. The van der Waals surface area contributed by atoms with Crippen LogP contribution in [-0.2, 0) is 14.4 Å². The predicted octanol–water partition coefficient (Wildman–Crippen LogP) is -0.0181. The van der Waals surface area contributed by atoms with E-state index in [0.29, 0.717) is 26.2 Å². The van der Waals surface area contributed by atoms with Gasteiger partial charge in [0, 0.05) is 38.1 Å². The van der Waals surface area contributed by atoms with E-state index in [4.69, 9.17) is 0 Å². The Kier molecular flexibility index (Phi) is 4.62. The van der Waals surface area contributed by atoms with Gasteiger partial charge in [-0.3, -0.25) is 14.4 Å². The first-order valence-corrected chi connectivity index (χ1v) is 7.37. The molecule has 112 valence electrons. The highest BCUT2D eigenvalue weighted by Gasteiger charge is 2.33. The van der Waals surface area contributed by atoms with Crippen LogP contribution in [0.3, 0.4) is 0 Å². The smallest absolute Gasteiger partial charge is 0.312 e. The molecule has 1 aliphatic heterocycles. The fourth-order valence-corrected chi connectivity index (χ4v) is 2.51. The van der Waals surface area contributed by atoms with Gasteiger partial charge in [0.25, 0.3) is 0 Å². The van der Waals surface area contributed by atoms with Crippen LogP contribution in [0.2, 0.25) is 0 Å². The molecule has 2 rings (SSSR count). The third-order valence-corrected chi connectivity index (χ3v) is 3.95. The number of rotatable bonds is 2. The summed E-state index contributed by atoms with van der Waals surface area (Å²) in [5, 5.41) is 2.60. The molecule has 0 bridgehead atoms. The van der Waals surface area contributed by atoms with Gasteiger partial charge in [-0.15, -0.1) is 0 Å². The summed E-state index contributed by atoms with van der Waals surface area (Å²) in [4.78, 5) is 39.0. The highest BCUT2D eigenvalue weighted by molar-refractivity contribution is 6.35. The molecule has 0 unspecified atom stereocenters. The third-order valence-electron chi connectivity index (χ3n) is 3.95. The van der Waals surface area contributed by atoms with E-state index in [0.717, 1.165) is 19.3 Å². The van der Waals surface area contributed by atoms with Gasteiger partial charge in [-0.1, -0.05) is 6.42 Å². The van der Waals surface area contributed by atoms with Crippen molar-refractivity contribution < 1.29 is 14.4 Å². The summed E-state index contributed by atoms with van der Waals surface area (Å²) in [7, 11) is 0. The van der Waals surface area contributed by atoms with Crippen molar-refractivity contribution in [2.45, 2.75) is 39.2 Å². The Hall–Kier alpha value is -1.59. The Bertz CT molecular complexity index is 396. The topological polar surface area (TPSA) is 69.7 Å². The van der Waals surface area contributed by atoms with Gasteiger partial charge in [-0.25, -0.2) is 0 Å². The molecule has 0 aromatic rings. The van der Waals surface area contributed by atoms with Crippen molar-refractivity contribution in [1.82, 2.24) is 15.1 Å². The van der Waals surface area contributed by atoms with E-state index >= 15 is 0 Å². The van der Waals surface area contributed by atoms with E-state index in [9.17, 15) is 14.4 Å². The van der Waals surface area contributed by atoms with Crippen LogP contribution in [0.25, 0.3) is 0 Å². The number of hydrogen-bond donors (Lipinski definition) is 1. The lowest BCUT2D eigenvalue weighted by Gasteiger charge is -2.38. The van der Waals surface area contributed by atoms with E-state index in [1.54, 1.807) is 0 Å². The summed E-state index contributed by atoms with van der Waals surface area (Å²) in [6.45, 7) is 5.61. The Morgan fingerprint density at radius 1 is 1.00 bits per heavy atom. The zero-order valence-electron chi connectivity index (χ0n) is 12.2. The number of carbonyl (C=O) groups excluding carboxylic acids is 3. The molecular weight excluding hydrogens is 258 g/mol. The van der Waals surface area contributed by atoms with Crippen LogP contribution >= 0.6 is 0 Å². The molecule has 6 heteroatoms. The van der Waals surface area contributed by atoms with Crippen LogP contribution < -0.4 is 5.32 Å². The number of nitrogens with one attached hydrogen (secondary N) is 1. The van der Waals surface area contributed by atoms with E-state index in [2.05, 4.69) is 5.32 Å². The maximum Gasteiger partial charge on any atom is 0.312 e. The Morgan fingerprint density at radius 3 is 2.00 bits per heavy atom. The average Bonchev–Trinajstić information content (AvgIpc) is 2.35. The second-order valence-corrected chi connectivity index (χ2v) is 5.87. The van der Waals surface area contributed by atoms with Crippen molar-refractivity contribution in [3.05, 3.63) is 0 Å². The summed E-state index contributed by atoms with van der Waals surface area (Å²) in [5.74, 6) is -0.635. The summed E-state index contributed by atoms with van der Waals surface area (Å²) in [5.41, 5.74) is 0. The molecule has 2 fully saturated rings. The van der Waals surface area contributed by atoms with Crippen molar-refractivity contribution in [1.29, 1.82) is 0 Å². The van der Waals surface area contributed by atoms with Crippen LogP contribution in [0.4, 0.5) is 0 Å². The van der Waals surface area contributed by atoms with Crippen molar-refractivity contribution in [2.75, 3.05) is 26.2 Å². The predicted molar refractivity (Wildman–Crippen MR) is 73.8 cm³/mol. The average molecular weight is 281 g/mol. The molecule has 1 saturated carbocycles. The minimum Gasteiger partial charge on any atom is -0.346 e. The number of hydrogen-bond acceptors (Lipinski definition) is 3. The summed E-state index contributed by atoms with van der Waals surface area (Å²) in [6.07, 6.45) is 3.13. The third kappa shape index (κ3) is 3.29. The van der Waals surface area contributed by atoms with E-state index < -0.39 is 11.8 Å². The molecule has 0 aromatic carbocycles. The van der Waals surface area contributed by atoms with Gasteiger partial charge < -0.3 is 15.1 Å². The largest absolute Gasteiger partial charge is 0.346 e. The van der Waals surface area contributed by atoms with Gasteiger partial charge in [0.2, 0.25) is 5.91 Å². The first kappa shape index (κ1) is 14.8. The minimum atomic E-state index is -0.557. The second-order valence-electron chi connectivity index (χ2n) is 5.87. The van der Waals surface area contributed by atoms with Crippen LogP contribution in [0.1, 0.15) is 33.1 Å². The summed E-state index contributed by atoms with van der Waals surface area (Å²) < 4.78 is 0. The van der Waals surface area contributed by atoms with Crippen molar-refractivity contribution in [3.8, 4) is 0 Å². The van der Waals surface area contributed by atoms with Crippen LogP contribution in [0.15, 0.2) is 0 Å². The Labute approximate surface area is 119 Å². The fourth-order valence-electron chi connectivity index (χ4n) is 2.51. The molecular formula is C14H23N3O3. The fraction of sp³-hybridized carbons (Fsp3) is 0.786. The molecule has 0 spiro atoms. The Balaban J connectivity index is 1.80. The number of nitrogens with zero attached hydrogens (tertiary/aromatic N) is 2. The highest BCUT2D eigenvalue weighted by atomic mass is 16.2. The number of carbonyl (C=O) groups is 3. The SMILES string of the molecule is CC(C)NC(=O)C(=O)N1CCN(C(=O)C2CCC2)CC1.